The quantitative estimate of drug-likeness (QED) is 0.467. The number of aromatic nitrogens is 2. The lowest BCUT2D eigenvalue weighted by atomic mass is 10.2. The maximum atomic E-state index is 12.8. The van der Waals surface area contributed by atoms with Gasteiger partial charge in [0.15, 0.2) is 5.96 Å². The molecule has 0 unspecified atom stereocenters. The van der Waals surface area contributed by atoms with E-state index in [0.29, 0.717) is 19.0 Å². The van der Waals surface area contributed by atoms with Crippen molar-refractivity contribution in [3.63, 3.8) is 0 Å². The summed E-state index contributed by atoms with van der Waals surface area (Å²) >= 11 is 0. The van der Waals surface area contributed by atoms with Crippen LogP contribution in [0.5, 0.6) is 0 Å². The van der Waals surface area contributed by atoms with Gasteiger partial charge in [0.2, 0.25) is 0 Å². The maximum absolute atomic E-state index is 12.8. The van der Waals surface area contributed by atoms with Crippen molar-refractivity contribution in [3.05, 3.63) is 53.6 Å². The molecule has 0 aliphatic carbocycles. The van der Waals surface area contributed by atoms with Crippen LogP contribution in [-0.2, 0) is 20.1 Å². The molecule has 0 bridgehead atoms. The molecule has 0 saturated heterocycles. The highest BCUT2D eigenvalue weighted by molar-refractivity contribution is 14.0. The second-order valence-electron chi connectivity index (χ2n) is 4.43. The maximum Gasteiger partial charge on any atom is 0.191 e. The van der Waals surface area contributed by atoms with Crippen LogP contribution in [0, 0.1) is 5.82 Å². The van der Waals surface area contributed by atoms with Crippen LogP contribution >= 0.6 is 24.0 Å². The minimum Gasteiger partial charge on any atom is -0.352 e. The monoisotopic (exact) mass is 403 g/mol. The highest BCUT2D eigenvalue weighted by Gasteiger charge is 2.00. The van der Waals surface area contributed by atoms with E-state index in [9.17, 15) is 4.39 Å². The zero-order chi connectivity index (χ0) is 14.4. The van der Waals surface area contributed by atoms with Gasteiger partial charge in [-0.15, -0.1) is 24.0 Å². The Balaban J connectivity index is 0.00000220. The van der Waals surface area contributed by atoms with Crippen molar-refractivity contribution in [2.24, 2.45) is 12.0 Å². The van der Waals surface area contributed by atoms with E-state index < -0.39 is 0 Å². The molecule has 7 heteroatoms. The number of aliphatic imine (C=N–C) groups is 1. The summed E-state index contributed by atoms with van der Waals surface area (Å²) in [5, 5.41) is 10.5. The number of guanidine groups is 1. The third-order valence-electron chi connectivity index (χ3n) is 2.82. The Morgan fingerprint density at radius 2 is 1.81 bits per heavy atom. The van der Waals surface area contributed by atoms with Crippen molar-refractivity contribution in [2.45, 2.75) is 13.1 Å². The zero-order valence-electron chi connectivity index (χ0n) is 12.0. The fourth-order valence-corrected chi connectivity index (χ4v) is 1.76. The molecule has 2 aromatic rings. The molecule has 0 saturated carbocycles. The summed E-state index contributed by atoms with van der Waals surface area (Å²) in [5.41, 5.74) is 2.08. The summed E-state index contributed by atoms with van der Waals surface area (Å²) in [7, 11) is 3.59. The van der Waals surface area contributed by atoms with Crippen molar-refractivity contribution in [3.8, 4) is 0 Å². The van der Waals surface area contributed by atoms with E-state index in [1.807, 2.05) is 13.2 Å². The number of rotatable bonds is 4. The average Bonchev–Trinajstić information content (AvgIpc) is 2.87. The van der Waals surface area contributed by atoms with E-state index in [4.69, 9.17) is 0 Å². The molecule has 0 aliphatic heterocycles. The van der Waals surface area contributed by atoms with Crippen LogP contribution in [0.15, 0.2) is 41.7 Å². The fourth-order valence-electron chi connectivity index (χ4n) is 1.76. The van der Waals surface area contributed by atoms with Crippen LogP contribution in [0.2, 0.25) is 0 Å². The van der Waals surface area contributed by atoms with Crippen molar-refractivity contribution in [1.29, 1.82) is 0 Å². The largest absolute Gasteiger partial charge is 0.352 e. The molecule has 0 radical (unpaired) electrons. The lowest BCUT2D eigenvalue weighted by Gasteiger charge is -2.11. The summed E-state index contributed by atoms with van der Waals surface area (Å²) in [6, 6.07) is 6.39. The molecule has 2 N–H and O–H groups in total. The van der Waals surface area contributed by atoms with Gasteiger partial charge in [-0.3, -0.25) is 9.67 Å². The third kappa shape index (κ3) is 5.70. The van der Waals surface area contributed by atoms with Crippen LogP contribution in [0.25, 0.3) is 0 Å². The predicted molar refractivity (Wildman–Crippen MR) is 92.1 cm³/mol. The van der Waals surface area contributed by atoms with E-state index in [1.54, 1.807) is 30.1 Å². The van der Waals surface area contributed by atoms with E-state index in [1.165, 1.54) is 12.1 Å². The minimum absolute atomic E-state index is 0. The number of hydrogen-bond donors (Lipinski definition) is 2. The van der Waals surface area contributed by atoms with Gasteiger partial charge in [0.1, 0.15) is 5.82 Å². The Hall–Kier alpha value is -1.64. The molecular formula is C14H19FIN5. The second-order valence-corrected chi connectivity index (χ2v) is 4.43. The van der Waals surface area contributed by atoms with Crippen LogP contribution < -0.4 is 10.6 Å². The molecule has 0 spiro atoms. The molecule has 1 aromatic heterocycles. The average molecular weight is 403 g/mol. The fraction of sp³-hybridized carbons (Fsp3) is 0.286. The first-order chi connectivity index (χ1) is 9.67. The first-order valence-electron chi connectivity index (χ1n) is 6.34. The normalized spacial score (nSPS) is 10.9. The smallest absolute Gasteiger partial charge is 0.191 e. The van der Waals surface area contributed by atoms with Crippen molar-refractivity contribution < 1.29 is 4.39 Å². The Morgan fingerprint density at radius 3 is 2.33 bits per heavy atom. The van der Waals surface area contributed by atoms with Gasteiger partial charge in [-0.05, 0) is 17.7 Å². The Labute approximate surface area is 140 Å². The van der Waals surface area contributed by atoms with Gasteiger partial charge in [0.05, 0.1) is 6.20 Å². The molecule has 0 amide bonds. The molecule has 2 rings (SSSR count). The number of hydrogen-bond acceptors (Lipinski definition) is 2. The lowest BCUT2D eigenvalue weighted by Crippen LogP contribution is -2.36. The van der Waals surface area contributed by atoms with Gasteiger partial charge in [-0.2, -0.15) is 5.10 Å². The summed E-state index contributed by atoms with van der Waals surface area (Å²) in [4.78, 5) is 4.14. The molecular weight excluding hydrogens is 384 g/mol. The van der Waals surface area contributed by atoms with E-state index >= 15 is 0 Å². The Morgan fingerprint density at radius 1 is 1.19 bits per heavy atom. The van der Waals surface area contributed by atoms with Crippen LogP contribution in [0.4, 0.5) is 4.39 Å². The second kappa shape index (κ2) is 8.60. The van der Waals surface area contributed by atoms with Crippen LogP contribution in [0.1, 0.15) is 11.1 Å². The number of nitrogens with zero attached hydrogens (tertiary/aromatic N) is 3. The summed E-state index contributed by atoms with van der Waals surface area (Å²) in [6.07, 6.45) is 3.75. The topological polar surface area (TPSA) is 54.2 Å². The molecule has 114 valence electrons. The minimum atomic E-state index is -0.229. The van der Waals surface area contributed by atoms with Gasteiger partial charge in [0.25, 0.3) is 0 Å². The zero-order valence-corrected chi connectivity index (χ0v) is 14.3. The van der Waals surface area contributed by atoms with Gasteiger partial charge in [-0.25, -0.2) is 4.39 Å². The molecule has 5 nitrogen and oxygen atoms in total. The standard InChI is InChI=1S/C14H18FN5.HI/c1-16-14(18-8-12-9-19-20(2)10-12)17-7-11-3-5-13(15)6-4-11;/h3-6,9-10H,7-8H2,1-2H3,(H2,16,17,18);1H. The number of aryl methyl sites for hydroxylation is 1. The lowest BCUT2D eigenvalue weighted by molar-refractivity contribution is 0.626. The summed E-state index contributed by atoms with van der Waals surface area (Å²) in [6.45, 7) is 1.24. The molecule has 1 heterocycles. The van der Waals surface area contributed by atoms with E-state index in [-0.39, 0.29) is 29.8 Å². The molecule has 1 aromatic carbocycles. The van der Waals surface area contributed by atoms with Gasteiger partial charge in [0, 0.05) is 38.9 Å². The van der Waals surface area contributed by atoms with Gasteiger partial charge >= 0.3 is 0 Å². The van der Waals surface area contributed by atoms with E-state index in [0.717, 1.165) is 11.1 Å². The molecule has 21 heavy (non-hydrogen) atoms. The van der Waals surface area contributed by atoms with Gasteiger partial charge in [-0.1, -0.05) is 12.1 Å². The highest BCUT2D eigenvalue weighted by Crippen LogP contribution is 2.02. The molecule has 0 fully saturated rings. The SMILES string of the molecule is CN=C(NCc1ccc(F)cc1)NCc1cnn(C)c1.I. The molecule has 0 aliphatic rings. The van der Waals surface area contributed by atoms with E-state index in [2.05, 4.69) is 20.7 Å². The number of nitrogens with one attached hydrogen (secondary N) is 2. The predicted octanol–water partition coefficient (Wildman–Crippen LogP) is 2.04. The number of halogens is 2. The highest BCUT2D eigenvalue weighted by atomic mass is 127. The third-order valence-corrected chi connectivity index (χ3v) is 2.82. The van der Waals surface area contributed by atoms with Crippen LogP contribution in [0.3, 0.4) is 0 Å². The number of benzene rings is 1. The summed E-state index contributed by atoms with van der Waals surface area (Å²) in [5.74, 6) is 0.464. The van der Waals surface area contributed by atoms with Crippen molar-refractivity contribution in [2.75, 3.05) is 7.05 Å². The Kier molecular flexibility index (Phi) is 7.13. The molecule has 0 atom stereocenters. The van der Waals surface area contributed by atoms with Gasteiger partial charge < -0.3 is 10.6 Å². The van der Waals surface area contributed by atoms with Crippen molar-refractivity contribution >= 4 is 29.9 Å². The summed E-state index contributed by atoms with van der Waals surface area (Å²) < 4.78 is 14.6. The Bertz CT molecular complexity index is 579. The van der Waals surface area contributed by atoms with Crippen molar-refractivity contribution in [1.82, 2.24) is 20.4 Å². The van der Waals surface area contributed by atoms with Crippen LogP contribution in [-0.4, -0.2) is 22.8 Å². The first-order valence-corrected chi connectivity index (χ1v) is 6.34. The first kappa shape index (κ1) is 17.4.